The van der Waals surface area contributed by atoms with Crippen LogP contribution in [0.5, 0.6) is 11.5 Å². The van der Waals surface area contributed by atoms with Crippen LogP contribution in [-0.2, 0) is 0 Å². The standard InChI is InChI=1S/C21H19N3O3S/c1-3-12-27-16-10-8-14(9-11-16)19-22-21-24(23-19)20(25)18(28-21)13-15-6-4-5-7-17(15)26-2/h4-11,13H,3,12H2,1-2H3/b18-13-. The van der Waals surface area contributed by atoms with Crippen molar-refractivity contribution in [1.29, 1.82) is 0 Å². The van der Waals surface area contributed by atoms with Gasteiger partial charge in [-0.1, -0.05) is 36.5 Å². The predicted octanol–water partition coefficient (Wildman–Crippen LogP) is 3.16. The van der Waals surface area contributed by atoms with Crippen LogP contribution in [0.15, 0.2) is 53.3 Å². The second kappa shape index (κ2) is 7.82. The lowest BCUT2D eigenvalue weighted by atomic mass is 10.2. The van der Waals surface area contributed by atoms with Crippen molar-refractivity contribution in [2.24, 2.45) is 0 Å². The van der Waals surface area contributed by atoms with E-state index in [1.165, 1.54) is 15.9 Å². The molecular formula is C21H19N3O3S. The Hall–Kier alpha value is -3.19. The zero-order valence-electron chi connectivity index (χ0n) is 15.6. The van der Waals surface area contributed by atoms with E-state index in [9.17, 15) is 4.79 Å². The molecule has 0 radical (unpaired) electrons. The molecule has 0 saturated carbocycles. The molecular weight excluding hydrogens is 374 g/mol. The number of aromatic nitrogens is 3. The number of hydrogen-bond donors (Lipinski definition) is 0. The summed E-state index contributed by atoms with van der Waals surface area (Å²) in [6.45, 7) is 2.75. The fourth-order valence-corrected chi connectivity index (χ4v) is 3.70. The third-order valence-corrected chi connectivity index (χ3v) is 5.15. The highest BCUT2D eigenvalue weighted by Crippen LogP contribution is 2.21. The van der Waals surface area contributed by atoms with E-state index in [-0.39, 0.29) is 5.56 Å². The van der Waals surface area contributed by atoms with Crippen LogP contribution in [0.25, 0.3) is 22.4 Å². The van der Waals surface area contributed by atoms with E-state index < -0.39 is 0 Å². The average molecular weight is 393 g/mol. The Morgan fingerprint density at radius 2 is 1.93 bits per heavy atom. The Bertz CT molecular complexity index is 1210. The lowest BCUT2D eigenvalue weighted by molar-refractivity contribution is 0.317. The minimum absolute atomic E-state index is 0.187. The quantitative estimate of drug-likeness (QED) is 0.503. The number of rotatable bonds is 6. The lowest BCUT2D eigenvalue weighted by Gasteiger charge is -2.04. The van der Waals surface area contributed by atoms with Gasteiger partial charge in [-0.25, -0.2) is 0 Å². The summed E-state index contributed by atoms with van der Waals surface area (Å²) in [4.78, 5) is 17.8. The number of methoxy groups -OCH3 is 1. The highest BCUT2D eigenvalue weighted by Gasteiger charge is 2.12. The molecule has 2 aromatic heterocycles. The van der Waals surface area contributed by atoms with E-state index >= 15 is 0 Å². The van der Waals surface area contributed by atoms with Crippen LogP contribution < -0.4 is 19.6 Å². The summed E-state index contributed by atoms with van der Waals surface area (Å²) < 4.78 is 12.9. The molecule has 4 rings (SSSR count). The molecule has 0 aliphatic heterocycles. The van der Waals surface area contributed by atoms with Crippen molar-refractivity contribution in [1.82, 2.24) is 14.6 Å². The molecule has 0 spiro atoms. The van der Waals surface area contributed by atoms with Gasteiger partial charge in [-0.05, 0) is 42.8 Å². The van der Waals surface area contributed by atoms with Gasteiger partial charge in [-0.2, -0.15) is 9.50 Å². The van der Waals surface area contributed by atoms with Gasteiger partial charge in [0.15, 0.2) is 5.82 Å². The lowest BCUT2D eigenvalue weighted by Crippen LogP contribution is -2.23. The molecule has 0 saturated heterocycles. The van der Waals surface area contributed by atoms with Crippen molar-refractivity contribution in [3.63, 3.8) is 0 Å². The Kier molecular flexibility index (Phi) is 5.08. The number of para-hydroxylation sites is 1. The number of benzene rings is 2. The highest BCUT2D eigenvalue weighted by atomic mass is 32.1. The van der Waals surface area contributed by atoms with Crippen molar-refractivity contribution in [2.45, 2.75) is 13.3 Å². The van der Waals surface area contributed by atoms with Crippen LogP contribution in [0.1, 0.15) is 18.9 Å². The van der Waals surface area contributed by atoms with E-state index in [0.717, 1.165) is 23.3 Å². The average Bonchev–Trinajstić information content (AvgIpc) is 3.27. The largest absolute Gasteiger partial charge is 0.496 e. The SMILES string of the molecule is CCCOc1ccc(-c2nc3s/c(=C\c4ccccc4OC)c(=O)n3n2)cc1. The zero-order valence-corrected chi connectivity index (χ0v) is 16.4. The molecule has 2 aromatic carbocycles. The first kappa shape index (κ1) is 18.2. The van der Waals surface area contributed by atoms with Crippen LogP contribution >= 0.6 is 11.3 Å². The molecule has 142 valence electrons. The van der Waals surface area contributed by atoms with E-state index in [0.29, 0.717) is 27.7 Å². The van der Waals surface area contributed by atoms with Crippen LogP contribution in [0, 0.1) is 0 Å². The third kappa shape index (κ3) is 3.48. The van der Waals surface area contributed by atoms with Crippen molar-refractivity contribution < 1.29 is 9.47 Å². The van der Waals surface area contributed by atoms with Gasteiger partial charge >= 0.3 is 0 Å². The number of nitrogens with zero attached hydrogens (tertiary/aromatic N) is 3. The van der Waals surface area contributed by atoms with Gasteiger partial charge in [0.25, 0.3) is 5.56 Å². The fraction of sp³-hybridized carbons (Fsp3) is 0.190. The predicted molar refractivity (Wildman–Crippen MR) is 110 cm³/mol. The van der Waals surface area contributed by atoms with Crippen LogP contribution in [0.3, 0.4) is 0 Å². The van der Waals surface area contributed by atoms with Crippen LogP contribution in [-0.4, -0.2) is 28.3 Å². The van der Waals surface area contributed by atoms with Crippen LogP contribution in [0.4, 0.5) is 0 Å². The molecule has 0 fully saturated rings. The van der Waals surface area contributed by atoms with Gasteiger partial charge in [0, 0.05) is 11.1 Å². The van der Waals surface area contributed by atoms with E-state index in [4.69, 9.17) is 9.47 Å². The van der Waals surface area contributed by atoms with Gasteiger partial charge < -0.3 is 9.47 Å². The Labute approximate surface area is 165 Å². The third-order valence-electron chi connectivity index (χ3n) is 4.19. The second-order valence-corrected chi connectivity index (χ2v) is 7.17. The van der Waals surface area contributed by atoms with Crippen molar-refractivity contribution in [2.75, 3.05) is 13.7 Å². The maximum Gasteiger partial charge on any atom is 0.291 e. The van der Waals surface area contributed by atoms with Crippen molar-refractivity contribution >= 4 is 22.4 Å². The van der Waals surface area contributed by atoms with Gasteiger partial charge in [-0.15, -0.1) is 5.10 Å². The molecule has 0 amide bonds. The number of thiazole rings is 1. The van der Waals surface area contributed by atoms with Gasteiger partial charge in [0.05, 0.1) is 18.2 Å². The highest BCUT2D eigenvalue weighted by molar-refractivity contribution is 7.15. The fourth-order valence-electron chi connectivity index (χ4n) is 2.80. The first-order chi connectivity index (χ1) is 13.7. The molecule has 6 nitrogen and oxygen atoms in total. The minimum Gasteiger partial charge on any atom is -0.496 e. The summed E-state index contributed by atoms with van der Waals surface area (Å²) in [7, 11) is 1.61. The number of fused-ring (bicyclic) bond motifs is 1. The molecule has 2 heterocycles. The molecule has 0 atom stereocenters. The first-order valence-electron chi connectivity index (χ1n) is 8.97. The molecule has 28 heavy (non-hydrogen) atoms. The topological polar surface area (TPSA) is 65.7 Å². The number of ether oxygens (including phenoxy) is 2. The van der Waals surface area contributed by atoms with Gasteiger partial charge in [0.2, 0.25) is 4.96 Å². The van der Waals surface area contributed by atoms with E-state index in [1.54, 1.807) is 7.11 Å². The normalized spacial score (nSPS) is 11.9. The van der Waals surface area contributed by atoms with Crippen LogP contribution in [0.2, 0.25) is 0 Å². The zero-order chi connectivity index (χ0) is 19.5. The summed E-state index contributed by atoms with van der Waals surface area (Å²) >= 11 is 1.31. The Morgan fingerprint density at radius 3 is 2.64 bits per heavy atom. The number of hydrogen-bond acceptors (Lipinski definition) is 6. The van der Waals surface area contributed by atoms with E-state index in [2.05, 4.69) is 17.0 Å². The summed E-state index contributed by atoms with van der Waals surface area (Å²) in [6.07, 6.45) is 2.77. The molecule has 7 heteroatoms. The van der Waals surface area contributed by atoms with Gasteiger partial charge in [-0.3, -0.25) is 4.79 Å². The molecule has 4 aromatic rings. The van der Waals surface area contributed by atoms with E-state index in [1.807, 2.05) is 54.6 Å². The maximum absolute atomic E-state index is 12.7. The molecule has 0 bridgehead atoms. The maximum atomic E-state index is 12.7. The summed E-state index contributed by atoms with van der Waals surface area (Å²) in [5.41, 5.74) is 1.50. The summed E-state index contributed by atoms with van der Waals surface area (Å²) in [5, 5.41) is 4.39. The van der Waals surface area contributed by atoms with Crippen molar-refractivity contribution in [3.05, 3.63) is 69.0 Å². The molecule has 0 unspecified atom stereocenters. The van der Waals surface area contributed by atoms with Gasteiger partial charge in [0.1, 0.15) is 11.5 Å². The summed E-state index contributed by atoms with van der Waals surface area (Å²) in [6, 6.07) is 15.1. The smallest absolute Gasteiger partial charge is 0.291 e. The monoisotopic (exact) mass is 393 g/mol. The Morgan fingerprint density at radius 1 is 1.14 bits per heavy atom. The Balaban J connectivity index is 1.68. The molecule has 0 aliphatic rings. The first-order valence-corrected chi connectivity index (χ1v) is 9.79. The van der Waals surface area contributed by atoms with Crippen molar-refractivity contribution in [3.8, 4) is 22.9 Å². The minimum atomic E-state index is -0.187. The second-order valence-electron chi connectivity index (χ2n) is 6.16. The summed E-state index contributed by atoms with van der Waals surface area (Å²) in [5.74, 6) is 2.05. The molecule has 0 N–H and O–H groups in total. The molecule has 0 aliphatic carbocycles.